The normalized spacial score (nSPS) is 17.7. The second kappa shape index (κ2) is 12.3. The Bertz CT molecular complexity index is 1590. The third-order valence-corrected chi connectivity index (χ3v) is 9.43. The lowest BCUT2D eigenvalue weighted by Gasteiger charge is -2.32. The van der Waals surface area contributed by atoms with Crippen LogP contribution in [0.4, 0.5) is 36.2 Å². The highest BCUT2D eigenvalue weighted by molar-refractivity contribution is 7.91. The lowest BCUT2D eigenvalue weighted by atomic mass is 10.0. The summed E-state index contributed by atoms with van der Waals surface area (Å²) in [4.78, 5) is 15.1. The number of sulfone groups is 1. The summed E-state index contributed by atoms with van der Waals surface area (Å²) in [5.41, 5.74) is 1.20. The molecule has 4 heterocycles. The average Bonchev–Trinajstić information content (AvgIpc) is 3.27. The summed E-state index contributed by atoms with van der Waals surface area (Å²) >= 11 is 0. The summed E-state index contributed by atoms with van der Waals surface area (Å²) in [5, 5.41) is 7.59. The molecule has 0 atom stereocenters. The molecule has 0 saturated carbocycles. The van der Waals surface area contributed by atoms with Crippen LogP contribution in [0.3, 0.4) is 0 Å². The molecule has 11 nitrogen and oxygen atoms in total. The summed E-state index contributed by atoms with van der Waals surface area (Å²) in [6, 6.07) is 5.92. The fourth-order valence-corrected chi connectivity index (χ4v) is 6.52. The van der Waals surface area contributed by atoms with E-state index in [1.807, 2.05) is 25.1 Å². The van der Waals surface area contributed by atoms with Gasteiger partial charge in [0.1, 0.15) is 15.5 Å². The fraction of sp³-hybridized carbons (Fsp3) is 0.536. The molecule has 2 aromatic heterocycles. The molecule has 2 saturated heterocycles. The molecule has 0 radical (unpaired) electrons. The number of anilines is 3. The van der Waals surface area contributed by atoms with E-state index in [2.05, 4.69) is 15.2 Å². The van der Waals surface area contributed by atoms with Crippen LogP contribution < -0.4 is 10.2 Å². The fourth-order valence-electron chi connectivity index (χ4n) is 5.45. The van der Waals surface area contributed by atoms with Crippen LogP contribution in [0.5, 0.6) is 0 Å². The number of benzene rings is 1. The van der Waals surface area contributed by atoms with Crippen LogP contribution in [0.1, 0.15) is 29.7 Å². The van der Waals surface area contributed by atoms with E-state index < -0.39 is 26.8 Å². The van der Waals surface area contributed by atoms with Crippen LogP contribution in [0.15, 0.2) is 29.3 Å². The average molecular weight is 623 g/mol. The van der Waals surface area contributed by atoms with Crippen LogP contribution in [-0.4, -0.2) is 104 Å². The zero-order valence-electron chi connectivity index (χ0n) is 24.7. The van der Waals surface area contributed by atoms with Crippen molar-refractivity contribution in [3.05, 3.63) is 41.1 Å². The van der Waals surface area contributed by atoms with Crippen molar-refractivity contribution in [1.29, 1.82) is 0 Å². The van der Waals surface area contributed by atoms with Crippen molar-refractivity contribution >= 4 is 44.8 Å². The molecule has 1 N–H and O–H groups in total. The molecule has 0 amide bonds. The second-order valence-electron chi connectivity index (χ2n) is 11.2. The summed E-state index contributed by atoms with van der Waals surface area (Å²) in [5.74, 6) is 1.09. The molecule has 2 aliphatic heterocycles. The second-order valence-corrected chi connectivity index (χ2v) is 13.6. The standard InChI is InChI=1S/C28H37F3N8O3S/c1-19-26(39-27(33-19)24(32-18-36(2)3)16-25(35-39)38-12-14-42-15-13-38)34-23-7-5-6-22(28(29,30)31)21(23)17-37-10-8-20(9-11-37)43(4,40)41/h5-7,16,18,20,34H,8-15,17H2,1-4H3/b32-18+. The van der Waals surface area contributed by atoms with Crippen molar-refractivity contribution in [1.82, 2.24) is 24.4 Å². The number of morpholine rings is 1. The highest BCUT2D eigenvalue weighted by Crippen LogP contribution is 2.38. The van der Waals surface area contributed by atoms with Crippen LogP contribution in [0, 0.1) is 6.92 Å². The number of fused-ring (bicyclic) bond motifs is 1. The molecule has 5 rings (SSSR count). The molecule has 2 aliphatic rings. The largest absolute Gasteiger partial charge is 0.416 e. The number of hydrogen-bond donors (Lipinski definition) is 1. The Hall–Kier alpha value is -3.43. The van der Waals surface area contributed by atoms with Crippen molar-refractivity contribution in [3.8, 4) is 0 Å². The summed E-state index contributed by atoms with van der Waals surface area (Å²) in [6.45, 7) is 4.94. The minimum absolute atomic E-state index is 0.00904. The number of ether oxygens (including phenoxy) is 1. The third kappa shape index (κ3) is 7.04. The van der Waals surface area contributed by atoms with Gasteiger partial charge in [0.25, 0.3) is 0 Å². The zero-order chi connectivity index (χ0) is 30.9. The number of hydrogen-bond acceptors (Lipinski definition) is 9. The quantitative estimate of drug-likeness (QED) is 0.296. The number of alkyl halides is 3. The zero-order valence-corrected chi connectivity index (χ0v) is 25.5. The van der Waals surface area contributed by atoms with E-state index in [-0.39, 0.29) is 17.8 Å². The smallest absolute Gasteiger partial charge is 0.378 e. The Morgan fingerprint density at radius 3 is 2.49 bits per heavy atom. The molecular formula is C28H37F3N8O3S. The highest BCUT2D eigenvalue weighted by atomic mass is 32.2. The number of nitrogens with zero attached hydrogens (tertiary/aromatic N) is 7. The number of aliphatic imine (C=N–C) groups is 1. The molecule has 0 unspecified atom stereocenters. The highest BCUT2D eigenvalue weighted by Gasteiger charge is 2.36. The molecule has 1 aromatic carbocycles. The number of aryl methyl sites for hydroxylation is 1. The van der Waals surface area contributed by atoms with Gasteiger partial charge in [-0.2, -0.15) is 17.7 Å². The van der Waals surface area contributed by atoms with Gasteiger partial charge in [-0.25, -0.2) is 18.4 Å². The van der Waals surface area contributed by atoms with Gasteiger partial charge in [-0.15, -0.1) is 5.10 Å². The van der Waals surface area contributed by atoms with Crippen molar-refractivity contribution in [3.63, 3.8) is 0 Å². The van der Waals surface area contributed by atoms with Crippen molar-refractivity contribution in [2.24, 2.45) is 4.99 Å². The van der Waals surface area contributed by atoms with Gasteiger partial charge in [0, 0.05) is 57.3 Å². The van der Waals surface area contributed by atoms with E-state index in [0.717, 1.165) is 6.07 Å². The molecular weight excluding hydrogens is 585 g/mol. The topological polar surface area (TPSA) is 108 Å². The summed E-state index contributed by atoms with van der Waals surface area (Å²) in [7, 11) is 0.504. The van der Waals surface area contributed by atoms with Crippen LogP contribution in [-0.2, 0) is 27.3 Å². The van der Waals surface area contributed by atoms with Gasteiger partial charge in [0.05, 0.1) is 36.1 Å². The predicted octanol–water partition coefficient (Wildman–Crippen LogP) is 3.87. The SMILES string of the molecule is Cc1nc2c(/N=C/N(C)C)cc(N3CCOCC3)nn2c1Nc1cccc(C(F)(F)F)c1CN1CCC(S(C)(=O)=O)CC1. The Labute approximate surface area is 249 Å². The maximum absolute atomic E-state index is 14.3. The number of rotatable bonds is 8. The molecule has 43 heavy (non-hydrogen) atoms. The van der Waals surface area contributed by atoms with Gasteiger partial charge in [-0.1, -0.05) is 6.07 Å². The van der Waals surface area contributed by atoms with Gasteiger partial charge in [-0.05, 0) is 45.0 Å². The predicted molar refractivity (Wildman–Crippen MR) is 160 cm³/mol. The Balaban J connectivity index is 1.55. The minimum Gasteiger partial charge on any atom is -0.378 e. The lowest BCUT2D eigenvalue weighted by molar-refractivity contribution is -0.138. The number of likely N-dealkylation sites (tertiary alicyclic amines) is 1. The Morgan fingerprint density at radius 2 is 1.86 bits per heavy atom. The molecule has 15 heteroatoms. The van der Waals surface area contributed by atoms with E-state index in [4.69, 9.17) is 14.8 Å². The third-order valence-electron chi connectivity index (χ3n) is 7.75. The molecule has 2 fully saturated rings. The first kappa shape index (κ1) is 31.0. The Kier molecular flexibility index (Phi) is 8.86. The maximum Gasteiger partial charge on any atom is 0.416 e. The molecule has 234 valence electrons. The van der Waals surface area contributed by atoms with Crippen LogP contribution in [0.25, 0.3) is 5.65 Å². The van der Waals surface area contributed by atoms with Gasteiger partial charge in [0.15, 0.2) is 17.3 Å². The van der Waals surface area contributed by atoms with Crippen molar-refractivity contribution in [2.45, 2.75) is 37.7 Å². The molecule has 3 aromatic rings. The first-order valence-electron chi connectivity index (χ1n) is 14.1. The number of aromatic nitrogens is 3. The van der Waals surface area contributed by atoms with Gasteiger partial charge >= 0.3 is 6.18 Å². The molecule has 0 spiro atoms. The van der Waals surface area contributed by atoms with Crippen molar-refractivity contribution in [2.75, 3.05) is 70.0 Å². The number of piperidine rings is 1. The summed E-state index contributed by atoms with van der Waals surface area (Å²) in [6.07, 6.45) is -0.947. The number of nitrogens with one attached hydrogen (secondary N) is 1. The molecule has 0 aliphatic carbocycles. The summed E-state index contributed by atoms with van der Waals surface area (Å²) < 4.78 is 74.0. The van der Waals surface area contributed by atoms with E-state index in [1.54, 1.807) is 28.7 Å². The first-order valence-corrected chi connectivity index (χ1v) is 16.1. The van der Waals surface area contributed by atoms with E-state index in [0.29, 0.717) is 80.9 Å². The first-order chi connectivity index (χ1) is 20.3. The molecule has 0 bridgehead atoms. The van der Waals surface area contributed by atoms with Gasteiger partial charge in [0.2, 0.25) is 0 Å². The van der Waals surface area contributed by atoms with Crippen LogP contribution in [0.2, 0.25) is 0 Å². The van der Waals surface area contributed by atoms with Gasteiger partial charge < -0.3 is 19.9 Å². The Morgan fingerprint density at radius 1 is 1.16 bits per heavy atom. The minimum atomic E-state index is -4.58. The van der Waals surface area contributed by atoms with E-state index in [9.17, 15) is 21.6 Å². The van der Waals surface area contributed by atoms with Crippen molar-refractivity contribution < 1.29 is 26.3 Å². The van der Waals surface area contributed by atoms with E-state index in [1.165, 1.54) is 12.3 Å². The lowest BCUT2D eigenvalue weighted by Crippen LogP contribution is -2.39. The maximum atomic E-state index is 14.3. The van der Waals surface area contributed by atoms with Gasteiger partial charge in [-0.3, -0.25) is 4.90 Å². The monoisotopic (exact) mass is 622 g/mol. The van der Waals surface area contributed by atoms with Crippen LogP contribution >= 0.6 is 0 Å². The van der Waals surface area contributed by atoms with E-state index >= 15 is 0 Å². The number of imidazole rings is 1. The number of halogens is 3.